The number of rotatable bonds is 6. The summed E-state index contributed by atoms with van der Waals surface area (Å²) in [6, 6.07) is 16.6. The first-order chi connectivity index (χ1) is 14.6. The summed E-state index contributed by atoms with van der Waals surface area (Å²) < 4.78 is 28.1. The minimum absolute atomic E-state index is 0.0872. The molecule has 0 aliphatic heterocycles. The zero-order valence-corrected chi connectivity index (χ0v) is 19.6. The van der Waals surface area contributed by atoms with Gasteiger partial charge in [-0.25, -0.2) is 8.42 Å². The van der Waals surface area contributed by atoms with Crippen LogP contribution in [-0.2, 0) is 14.8 Å². The van der Waals surface area contributed by atoms with E-state index in [1.54, 1.807) is 62.4 Å². The Labute approximate surface area is 192 Å². The molecule has 0 aliphatic carbocycles. The molecule has 0 saturated carbocycles. The SMILES string of the molecule is Cc1ccc(S(=O)(=O)N(CC(=O)Nc2cccc(Cl)c2C)c2cc(Cl)ccc2C)cc1. The fraction of sp³-hybridized carbons (Fsp3) is 0.174. The van der Waals surface area contributed by atoms with Gasteiger partial charge in [0.1, 0.15) is 6.54 Å². The highest BCUT2D eigenvalue weighted by atomic mass is 35.5. The fourth-order valence-electron chi connectivity index (χ4n) is 3.05. The molecule has 162 valence electrons. The van der Waals surface area contributed by atoms with E-state index in [4.69, 9.17) is 23.2 Å². The van der Waals surface area contributed by atoms with Gasteiger partial charge in [0, 0.05) is 15.7 Å². The molecule has 0 unspecified atom stereocenters. The number of nitrogens with one attached hydrogen (secondary N) is 1. The molecule has 3 aromatic carbocycles. The summed E-state index contributed by atoms with van der Waals surface area (Å²) in [5, 5.41) is 3.63. The first kappa shape index (κ1) is 23.1. The Bertz CT molecular complexity index is 1230. The lowest BCUT2D eigenvalue weighted by atomic mass is 10.2. The lowest BCUT2D eigenvalue weighted by molar-refractivity contribution is -0.114. The van der Waals surface area contributed by atoms with Gasteiger partial charge in [0.15, 0.2) is 0 Å². The molecule has 0 atom stereocenters. The third kappa shape index (κ3) is 5.21. The average Bonchev–Trinajstić information content (AvgIpc) is 2.72. The lowest BCUT2D eigenvalue weighted by Gasteiger charge is -2.26. The van der Waals surface area contributed by atoms with Crippen LogP contribution in [0, 0.1) is 20.8 Å². The minimum Gasteiger partial charge on any atom is -0.324 e. The van der Waals surface area contributed by atoms with Crippen molar-refractivity contribution in [3.8, 4) is 0 Å². The number of anilines is 2. The molecule has 0 bridgehead atoms. The van der Waals surface area contributed by atoms with Gasteiger partial charge in [-0.2, -0.15) is 0 Å². The van der Waals surface area contributed by atoms with Crippen molar-refractivity contribution in [2.45, 2.75) is 25.7 Å². The average molecular weight is 477 g/mol. The van der Waals surface area contributed by atoms with Crippen LogP contribution in [0.15, 0.2) is 65.6 Å². The summed E-state index contributed by atoms with van der Waals surface area (Å²) in [5.74, 6) is -0.500. The van der Waals surface area contributed by atoms with Crippen LogP contribution in [0.3, 0.4) is 0 Å². The van der Waals surface area contributed by atoms with Crippen LogP contribution in [0.4, 0.5) is 11.4 Å². The van der Waals surface area contributed by atoms with Gasteiger partial charge in [0.25, 0.3) is 10.0 Å². The van der Waals surface area contributed by atoms with Crippen LogP contribution < -0.4 is 9.62 Å². The molecule has 5 nitrogen and oxygen atoms in total. The second-order valence-electron chi connectivity index (χ2n) is 7.22. The minimum atomic E-state index is -4.03. The third-order valence-corrected chi connectivity index (χ3v) is 7.30. The Balaban J connectivity index is 2.02. The standard InChI is InChI=1S/C23H22Cl2N2O3S/c1-15-7-11-19(12-8-15)31(29,30)27(22-13-18(24)10-9-16(22)2)14-23(28)26-21-6-4-5-20(25)17(21)3/h4-13H,14H2,1-3H3,(H,26,28). The molecule has 3 aromatic rings. The highest BCUT2D eigenvalue weighted by Gasteiger charge is 2.28. The van der Waals surface area contributed by atoms with Crippen molar-refractivity contribution in [2.75, 3.05) is 16.2 Å². The molecule has 0 saturated heterocycles. The van der Waals surface area contributed by atoms with Crippen LogP contribution >= 0.6 is 23.2 Å². The topological polar surface area (TPSA) is 66.5 Å². The van der Waals surface area contributed by atoms with Crippen molar-refractivity contribution < 1.29 is 13.2 Å². The zero-order chi connectivity index (χ0) is 22.8. The predicted octanol–water partition coefficient (Wildman–Crippen LogP) is 5.75. The molecular formula is C23H22Cl2N2O3S. The maximum absolute atomic E-state index is 13.5. The van der Waals surface area contributed by atoms with Crippen LogP contribution in [0.25, 0.3) is 0 Å². The summed E-state index contributed by atoms with van der Waals surface area (Å²) in [6.45, 7) is 4.99. The molecule has 0 aliphatic rings. The zero-order valence-electron chi connectivity index (χ0n) is 17.3. The van der Waals surface area contributed by atoms with Crippen molar-refractivity contribution in [1.82, 2.24) is 0 Å². The van der Waals surface area contributed by atoms with E-state index in [1.165, 1.54) is 12.1 Å². The molecule has 0 fully saturated rings. The fourth-order valence-corrected chi connectivity index (χ4v) is 4.87. The Morgan fingerprint density at radius 3 is 2.32 bits per heavy atom. The molecule has 0 heterocycles. The van der Waals surface area contributed by atoms with E-state index < -0.39 is 22.5 Å². The van der Waals surface area contributed by atoms with Gasteiger partial charge >= 0.3 is 0 Å². The molecule has 0 aromatic heterocycles. The smallest absolute Gasteiger partial charge is 0.264 e. The van der Waals surface area contributed by atoms with Crippen molar-refractivity contribution in [2.24, 2.45) is 0 Å². The number of nitrogens with zero attached hydrogens (tertiary/aromatic N) is 1. The quantitative estimate of drug-likeness (QED) is 0.492. The van der Waals surface area contributed by atoms with Crippen LogP contribution in [0.2, 0.25) is 10.0 Å². The number of sulfonamides is 1. The molecule has 0 spiro atoms. The van der Waals surface area contributed by atoms with Gasteiger partial charge in [-0.15, -0.1) is 0 Å². The summed E-state index contributed by atoms with van der Waals surface area (Å²) in [5.41, 5.74) is 3.16. The van der Waals surface area contributed by atoms with E-state index in [0.29, 0.717) is 32.5 Å². The number of hydrogen-bond acceptors (Lipinski definition) is 3. The van der Waals surface area contributed by atoms with Crippen molar-refractivity contribution in [3.63, 3.8) is 0 Å². The predicted molar refractivity (Wildman–Crippen MR) is 127 cm³/mol. The number of carbonyl (C=O) groups excluding carboxylic acids is 1. The number of carbonyl (C=O) groups is 1. The summed E-state index contributed by atoms with van der Waals surface area (Å²) in [6.07, 6.45) is 0. The number of benzene rings is 3. The van der Waals surface area contributed by atoms with Gasteiger partial charge < -0.3 is 5.32 Å². The highest BCUT2D eigenvalue weighted by molar-refractivity contribution is 7.92. The number of halogens is 2. The van der Waals surface area contributed by atoms with Gasteiger partial charge in [0.05, 0.1) is 10.6 Å². The van der Waals surface area contributed by atoms with E-state index in [2.05, 4.69) is 5.32 Å². The second-order valence-corrected chi connectivity index (χ2v) is 9.92. The molecule has 1 N–H and O–H groups in total. The van der Waals surface area contributed by atoms with Gasteiger partial charge in [-0.05, 0) is 68.3 Å². The van der Waals surface area contributed by atoms with E-state index >= 15 is 0 Å². The molecule has 31 heavy (non-hydrogen) atoms. The van der Waals surface area contributed by atoms with Crippen LogP contribution in [0.1, 0.15) is 16.7 Å². The van der Waals surface area contributed by atoms with Gasteiger partial charge in [-0.3, -0.25) is 9.10 Å². The van der Waals surface area contributed by atoms with Crippen LogP contribution in [-0.4, -0.2) is 20.9 Å². The first-order valence-electron chi connectivity index (χ1n) is 9.50. The summed E-state index contributed by atoms with van der Waals surface area (Å²) >= 11 is 12.3. The van der Waals surface area contributed by atoms with Crippen molar-refractivity contribution in [1.29, 1.82) is 0 Å². The Hall–Kier alpha value is -2.54. The lowest BCUT2D eigenvalue weighted by Crippen LogP contribution is -2.38. The van der Waals surface area contributed by atoms with Gasteiger partial charge in [-0.1, -0.05) is 53.0 Å². The van der Waals surface area contributed by atoms with Crippen molar-refractivity contribution >= 4 is 50.5 Å². The maximum atomic E-state index is 13.5. The molecule has 3 rings (SSSR count). The summed E-state index contributed by atoms with van der Waals surface area (Å²) in [4.78, 5) is 13.0. The maximum Gasteiger partial charge on any atom is 0.264 e. The number of amides is 1. The largest absolute Gasteiger partial charge is 0.324 e. The number of aryl methyl sites for hydroxylation is 2. The summed E-state index contributed by atoms with van der Waals surface area (Å²) in [7, 11) is -4.03. The van der Waals surface area contributed by atoms with Gasteiger partial charge in [0.2, 0.25) is 5.91 Å². The van der Waals surface area contributed by atoms with E-state index in [-0.39, 0.29) is 4.90 Å². The third-order valence-electron chi connectivity index (χ3n) is 4.88. The van der Waals surface area contributed by atoms with Crippen molar-refractivity contribution in [3.05, 3.63) is 87.4 Å². The van der Waals surface area contributed by atoms with E-state index in [1.807, 2.05) is 6.92 Å². The number of hydrogen-bond donors (Lipinski definition) is 1. The normalized spacial score (nSPS) is 11.3. The monoisotopic (exact) mass is 476 g/mol. The highest BCUT2D eigenvalue weighted by Crippen LogP contribution is 2.30. The van der Waals surface area contributed by atoms with E-state index in [0.717, 1.165) is 9.87 Å². The molecule has 1 amide bonds. The first-order valence-corrected chi connectivity index (χ1v) is 11.7. The second kappa shape index (κ2) is 9.30. The Morgan fingerprint density at radius 2 is 1.65 bits per heavy atom. The van der Waals surface area contributed by atoms with Crippen LogP contribution in [0.5, 0.6) is 0 Å². The molecule has 8 heteroatoms. The Morgan fingerprint density at radius 1 is 0.968 bits per heavy atom. The molecule has 0 radical (unpaired) electrons. The molecular weight excluding hydrogens is 455 g/mol. The Kier molecular flexibility index (Phi) is 6.94. The van der Waals surface area contributed by atoms with E-state index in [9.17, 15) is 13.2 Å².